The highest BCUT2D eigenvalue weighted by Gasteiger charge is 2.24. The third kappa shape index (κ3) is 4.24. The zero-order chi connectivity index (χ0) is 23.2. The molecular weight excluding hydrogens is 421 g/mol. The van der Waals surface area contributed by atoms with E-state index in [9.17, 15) is 5.11 Å². The normalized spacial score (nSPS) is 16.9. The lowest BCUT2D eigenvalue weighted by molar-refractivity contribution is -0.0365. The van der Waals surface area contributed by atoms with Crippen molar-refractivity contribution in [3.05, 3.63) is 60.2 Å². The summed E-state index contributed by atoms with van der Waals surface area (Å²) < 4.78 is 24.6. The highest BCUT2D eigenvalue weighted by Crippen LogP contribution is 2.35. The summed E-state index contributed by atoms with van der Waals surface area (Å²) in [5.74, 6) is 0.176. The van der Waals surface area contributed by atoms with Gasteiger partial charge in [-0.1, -0.05) is 12.1 Å². The fourth-order valence-corrected chi connectivity index (χ4v) is 4.24. The van der Waals surface area contributed by atoms with Gasteiger partial charge in [-0.2, -0.15) is 10.2 Å². The van der Waals surface area contributed by atoms with Crippen molar-refractivity contribution in [1.82, 2.24) is 19.6 Å². The number of hydrogen-bond donors (Lipinski definition) is 2. The maximum Gasteiger partial charge on any atom is 0.160 e. The second kappa shape index (κ2) is 8.28. The molecule has 1 aliphatic heterocycles. The molecule has 3 heterocycles. The molecule has 0 saturated carbocycles. The number of fused-ring (bicyclic) bond motifs is 1. The Morgan fingerprint density at radius 2 is 2.00 bits per heavy atom. The average Bonchev–Trinajstić information content (AvgIpc) is 3.39. The first-order chi connectivity index (χ1) is 15.8. The summed E-state index contributed by atoms with van der Waals surface area (Å²) in [5.41, 5.74) is 2.59. The fraction of sp³-hybridized carbons (Fsp3) is 0.360. The van der Waals surface area contributed by atoms with Crippen LogP contribution in [-0.2, 0) is 17.4 Å². The molecule has 172 valence electrons. The second-order valence-corrected chi connectivity index (χ2v) is 9.13. The minimum absolute atomic E-state index is 0.188. The first kappa shape index (κ1) is 21.6. The van der Waals surface area contributed by atoms with Gasteiger partial charge in [-0.25, -0.2) is 9.07 Å². The van der Waals surface area contributed by atoms with Gasteiger partial charge in [-0.3, -0.25) is 4.68 Å². The van der Waals surface area contributed by atoms with Crippen LogP contribution < -0.4 is 5.32 Å². The molecule has 1 fully saturated rings. The molecule has 2 N–H and O–H groups in total. The molecule has 4 aromatic rings. The molecule has 33 heavy (non-hydrogen) atoms. The van der Waals surface area contributed by atoms with Crippen LogP contribution >= 0.6 is 0 Å². The topological polar surface area (TPSA) is 77.1 Å². The number of nitrogens with one attached hydrogen (secondary N) is 1. The van der Waals surface area contributed by atoms with E-state index in [4.69, 9.17) is 9.84 Å². The van der Waals surface area contributed by atoms with Gasteiger partial charge in [0.15, 0.2) is 12.0 Å². The van der Waals surface area contributed by atoms with Crippen molar-refractivity contribution >= 4 is 22.4 Å². The van der Waals surface area contributed by atoms with E-state index in [2.05, 4.69) is 10.4 Å². The average molecular weight is 450 g/mol. The van der Waals surface area contributed by atoms with Crippen LogP contribution in [0.4, 0.5) is 15.9 Å². The van der Waals surface area contributed by atoms with E-state index in [0.29, 0.717) is 18.1 Å². The summed E-state index contributed by atoms with van der Waals surface area (Å²) in [6, 6.07) is 10.8. The van der Waals surface area contributed by atoms with Gasteiger partial charge < -0.3 is 15.2 Å². The Morgan fingerprint density at radius 1 is 1.15 bits per heavy atom. The van der Waals surface area contributed by atoms with Gasteiger partial charge >= 0.3 is 0 Å². The minimum Gasteiger partial charge on any atom is -0.386 e. The van der Waals surface area contributed by atoms with Gasteiger partial charge in [-0.15, -0.1) is 0 Å². The van der Waals surface area contributed by atoms with Crippen molar-refractivity contribution < 1.29 is 14.2 Å². The van der Waals surface area contributed by atoms with E-state index < -0.39 is 5.60 Å². The number of aliphatic hydroxyl groups is 1. The lowest BCUT2D eigenvalue weighted by Gasteiger charge is -2.24. The number of nitrogens with zero attached hydrogens (tertiary/aromatic N) is 4. The van der Waals surface area contributed by atoms with Crippen molar-refractivity contribution in [2.75, 3.05) is 11.9 Å². The number of benzene rings is 2. The van der Waals surface area contributed by atoms with Crippen molar-refractivity contribution in [2.45, 2.75) is 44.9 Å². The third-order valence-corrected chi connectivity index (χ3v) is 6.10. The van der Waals surface area contributed by atoms with Gasteiger partial charge in [0.2, 0.25) is 0 Å². The molecule has 0 amide bonds. The lowest BCUT2D eigenvalue weighted by Crippen LogP contribution is -2.20. The summed E-state index contributed by atoms with van der Waals surface area (Å²) in [7, 11) is 1.83. The van der Waals surface area contributed by atoms with Crippen LogP contribution in [-0.4, -0.2) is 31.3 Å². The second-order valence-electron chi connectivity index (χ2n) is 9.13. The third-order valence-electron chi connectivity index (χ3n) is 6.10. The first-order valence-corrected chi connectivity index (χ1v) is 11.2. The number of rotatable bonds is 5. The molecular formula is C25H28FN5O2. The standard InChI is InChI=1S/C25H28FN5O2/c1-25(2,32)18-8-9-19-22(13-18)31(23-6-4-5-11-33-23)29-24(19)28-21-10-7-16(12-20(21)26)17-14-27-30(3)15-17/h7-10,12-15,23,32H,4-6,11H2,1-3H3,(H,28,29). The van der Waals surface area contributed by atoms with Crippen molar-refractivity contribution in [1.29, 1.82) is 0 Å². The molecule has 8 heteroatoms. The Morgan fingerprint density at radius 3 is 2.67 bits per heavy atom. The Hall–Kier alpha value is -3.23. The Balaban J connectivity index is 1.54. The number of ether oxygens (including phenoxy) is 1. The Bertz CT molecular complexity index is 1300. The number of aromatic nitrogens is 4. The van der Waals surface area contributed by atoms with Gasteiger partial charge in [0.05, 0.1) is 23.0 Å². The van der Waals surface area contributed by atoms with E-state index in [0.717, 1.165) is 46.9 Å². The van der Waals surface area contributed by atoms with Crippen LogP contribution in [0.3, 0.4) is 0 Å². The number of aryl methyl sites for hydroxylation is 1. The molecule has 0 bridgehead atoms. The maximum atomic E-state index is 15.0. The van der Waals surface area contributed by atoms with Crippen molar-refractivity contribution in [2.24, 2.45) is 7.05 Å². The van der Waals surface area contributed by atoms with Crippen LogP contribution in [0.15, 0.2) is 48.8 Å². The minimum atomic E-state index is -0.988. The largest absolute Gasteiger partial charge is 0.386 e. The monoisotopic (exact) mass is 449 g/mol. The number of anilines is 2. The summed E-state index contributed by atoms with van der Waals surface area (Å²) in [4.78, 5) is 0. The zero-order valence-corrected chi connectivity index (χ0v) is 19.0. The predicted octanol–water partition coefficient (Wildman–Crippen LogP) is 5.25. The first-order valence-electron chi connectivity index (χ1n) is 11.2. The summed E-state index contributed by atoms with van der Waals surface area (Å²) in [6.45, 7) is 4.19. The van der Waals surface area contributed by atoms with Crippen LogP contribution in [0.2, 0.25) is 0 Å². The lowest BCUT2D eigenvalue weighted by atomic mass is 9.97. The zero-order valence-electron chi connectivity index (χ0n) is 19.0. The maximum absolute atomic E-state index is 15.0. The van der Waals surface area contributed by atoms with Crippen LogP contribution in [0.1, 0.15) is 44.9 Å². The molecule has 0 spiro atoms. The van der Waals surface area contributed by atoms with Gasteiger partial charge in [-0.05, 0) is 68.5 Å². The molecule has 0 radical (unpaired) electrons. The molecule has 1 atom stereocenters. The molecule has 0 aliphatic carbocycles. The van der Waals surface area contributed by atoms with E-state index in [1.165, 1.54) is 6.07 Å². The summed E-state index contributed by atoms with van der Waals surface area (Å²) in [5, 5.41) is 23.5. The smallest absolute Gasteiger partial charge is 0.160 e. The molecule has 5 rings (SSSR count). The van der Waals surface area contributed by atoms with E-state index in [-0.39, 0.29) is 12.0 Å². The highest BCUT2D eigenvalue weighted by molar-refractivity contribution is 5.92. The predicted molar refractivity (Wildman–Crippen MR) is 126 cm³/mol. The molecule has 1 aliphatic rings. The molecule has 2 aromatic heterocycles. The van der Waals surface area contributed by atoms with Gasteiger partial charge in [0.1, 0.15) is 5.82 Å². The van der Waals surface area contributed by atoms with Gasteiger partial charge in [0, 0.05) is 30.8 Å². The summed E-state index contributed by atoms with van der Waals surface area (Å²) in [6.07, 6.45) is 6.32. The molecule has 1 unspecified atom stereocenters. The van der Waals surface area contributed by atoms with Crippen LogP contribution in [0.25, 0.3) is 22.0 Å². The van der Waals surface area contributed by atoms with E-state index >= 15 is 4.39 Å². The molecule has 2 aromatic carbocycles. The fourth-order valence-electron chi connectivity index (χ4n) is 4.24. The molecule has 1 saturated heterocycles. The van der Waals surface area contributed by atoms with Crippen LogP contribution in [0.5, 0.6) is 0 Å². The number of halogens is 1. The Kier molecular flexibility index (Phi) is 5.42. The molecule has 7 nitrogen and oxygen atoms in total. The van der Waals surface area contributed by atoms with E-state index in [1.807, 2.05) is 42.2 Å². The van der Waals surface area contributed by atoms with Crippen LogP contribution in [0, 0.1) is 5.82 Å². The quantitative estimate of drug-likeness (QED) is 0.435. The van der Waals surface area contributed by atoms with Crippen molar-refractivity contribution in [3.8, 4) is 11.1 Å². The Labute approximate surface area is 191 Å². The van der Waals surface area contributed by atoms with Crippen molar-refractivity contribution in [3.63, 3.8) is 0 Å². The highest BCUT2D eigenvalue weighted by atomic mass is 19.1. The van der Waals surface area contributed by atoms with Gasteiger partial charge in [0.25, 0.3) is 0 Å². The number of hydrogen-bond acceptors (Lipinski definition) is 5. The van der Waals surface area contributed by atoms with E-state index in [1.54, 1.807) is 30.8 Å². The SMILES string of the molecule is Cn1cc(-c2ccc(Nc3nn(C4CCCCO4)c4cc(C(C)(C)O)ccc34)c(F)c2)cn1. The summed E-state index contributed by atoms with van der Waals surface area (Å²) >= 11 is 0.